The second-order valence-electron chi connectivity index (χ2n) is 8.76. The van der Waals surface area contributed by atoms with Gasteiger partial charge in [-0.3, -0.25) is 4.79 Å². The average molecular weight is 513 g/mol. The van der Waals surface area contributed by atoms with Crippen molar-refractivity contribution in [2.75, 3.05) is 13.0 Å². The number of aliphatic hydroxyl groups excluding tert-OH is 3. The first-order chi connectivity index (χ1) is 16.5. The molecule has 1 saturated heterocycles. The number of halogens is 1. The van der Waals surface area contributed by atoms with Gasteiger partial charge in [-0.15, -0.1) is 11.6 Å². The van der Waals surface area contributed by atoms with E-state index in [9.17, 15) is 29.7 Å². The quantitative estimate of drug-likeness (QED) is 0.264. The Kier molecular flexibility index (Phi) is 8.14. The van der Waals surface area contributed by atoms with E-state index in [4.69, 9.17) is 25.8 Å². The number of benzene rings is 1. The maximum absolute atomic E-state index is 12.9. The van der Waals surface area contributed by atoms with Crippen LogP contribution in [0.25, 0.3) is 0 Å². The highest BCUT2D eigenvalue weighted by molar-refractivity contribution is 6.18. The van der Waals surface area contributed by atoms with E-state index in [2.05, 4.69) is 10.6 Å². The third-order valence-corrected chi connectivity index (χ3v) is 6.72. The summed E-state index contributed by atoms with van der Waals surface area (Å²) in [6, 6.07) is 4.70. The molecule has 12 heteroatoms. The fraction of sp³-hybridized carbons (Fsp3) is 0.522. The van der Waals surface area contributed by atoms with E-state index in [1.165, 1.54) is 21.0 Å². The molecule has 2 aliphatic rings. The molecule has 0 bridgehead atoms. The Morgan fingerprint density at radius 2 is 1.94 bits per heavy atom. The van der Waals surface area contributed by atoms with Gasteiger partial charge in [0.15, 0.2) is 0 Å². The third kappa shape index (κ3) is 5.63. The molecule has 3 rings (SSSR count). The number of hydrogen-bond donors (Lipinski definition) is 5. The number of aliphatic hydroxyl groups is 3. The van der Waals surface area contributed by atoms with Crippen LogP contribution in [0, 0.1) is 5.92 Å². The number of hydrogen-bond acceptors (Lipinski definition) is 9. The fourth-order valence-electron chi connectivity index (χ4n) is 4.14. The SMILES string of the molecule is COc1ccc(COC(=O)NC(C)C(=O)N[C@@H]2[C@H]3C(=C(O)C[C@@H](O)[C@@H]3O)C(=O)O[C@]2(C)CCl)cc1. The minimum Gasteiger partial charge on any atom is -0.512 e. The number of alkyl halides is 1. The molecular weight excluding hydrogens is 484 g/mol. The summed E-state index contributed by atoms with van der Waals surface area (Å²) >= 11 is 6.05. The summed E-state index contributed by atoms with van der Waals surface area (Å²) in [6.45, 7) is 2.84. The van der Waals surface area contributed by atoms with Gasteiger partial charge in [0.25, 0.3) is 0 Å². The van der Waals surface area contributed by atoms with Crippen LogP contribution in [-0.4, -0.2) is 76.2 Å². The van der Waals surface area contributed by atoms with Crippen LogP contribution in [-0.2, 0) is 25.7 Å². The van der Waals surface area contributed by atoms with Crippen LogP contribution in [0.15, 0.2) is 35.6 Å². The van der Waals surface area contributed by atoms with E-state index in [1.807, 2.05) is 0 Å². The van der Waals surface area contributed by atoms with E-state index in [0.29, 0.717) is 11.3 Å². The van der Waals surface area contributed by atoms with Crippen molar-refractivity contribution in [2.45, 2.75) is 56.8 Å². The van der Waals surface area contributed by atoms with Crippen LogP contribution in [0.1, 0.15) is 25.8 Å². The smallest absolute Gasteiger partial charge is 0.408 e. The van der Waals surface area contributed by atoms with Crippen LogP contribution in [0.2, 0.25) is 0 Å². The first kappa shape index (κ1) is 26.6. The van der Waals surface area contributed by atoms with Gasteiger partial charge in [-0.25, -0.2) is 9.59 Å². The topological polar surface area (TPSA) is 164 Å². The van der Waals surface area contributed by atoms with Crippen molar-refractivity contribution in [1.82, 2.24) is 10.6 Å². The van der Waals surface area contributed by atoms with Gasteiger partial charge in [0.2, 0.25) is 5.91 Å². The largest absolute Gasteiger partial charge is 0.512 e. The first-order valence-electron chi connectivity index (χ1n) is 10.9. The summed E-state index contributed by atoms with van der Waals surface area (Å²) in [5.41, 5.74) is -0.978. The van der Waals surface area contributed by atoms with E-state index in [-0.39, 0.29) is 24.5 Å². The molecule has 11 nitrogen and oxygen atoms in total. The van der Waals surface area contributed by atoms with E-state index in [1.54, 1.807) is 24.3 Å². The molecule has 6 atom stereocenters. The summed E-state index contributed by atoms with van der Waals surface area (Å²) in [7, 11) is 1.54. The standard InChI is InChI=1S/C23H29ClN2O9/c1-11(25-22(32)34-9-12-4-6-13(33-3)7-5-12)20(30)26-19-17-16(14(27)8-15(28)18(17)29)21(31)35-23(19,2)10-24/h4-7,11,15,17-19,27-29H,8-10H2,1-3H3,(H,25,32)(H,26,30)/t11?,15-,17+,18+,19-,23-/m1/s1. The number of esters is 1. The minimum atomic E-state index is -1.47. The number of carbonyl (C=O) groups is 3. The second-order valence-corrected chi connectivity index (χ2v) is 9.03. The normalized spacial score (nSPS) is 28.9. The summed E-state index contributed by atoms with van der Waals surface area (Å²) in [4.78, 5) is 37.6. The molecule has 1 aliphatic carbocycles. The molecule has 0 spiro atoms. The summed E-state index contributed by atoms with van der Waals surface area (Å²) < 4.78 is 15.6. The maximum atomic E-state index is 12.9. The van der Waals surface area contributed by atoms with Crippen molar-refractivity contribution in [3.8, 4) is 5.75 Å². The zero-order chi connectivity index (χ0) is 25.9. The summed E-state index contributed by atoms with van der Waals surface area (Å²) in [5, 5.41) is 36.1. The number of methoxy groups -OCH3 is 1. The number of amides is 2. The number of ether oxygens (including phenoxy) is 3. The Labute approximate surface area is 207 Å². The second kappa shape index (κ2) is 10.7. The van der Waals surface area contributed by atoms with Crippen molar-refractivity contribution in [3.63, 3.8) is 0 Å². The average Bonchev–Trinajstić information content (AvgIpc) is 2.82. The van der Waals surface area contributed by atoms with Crippen LogP contribution < -0.4 is 15.4 Å². The van der Waals surface area contributed by atoms with Gasteiger partial charge >= 0.3 is 12.1 Å². The highest BCUT2D eigenvalue weighted by atomic mass is 35.5. The number of carbonyl (C=O) groups excluding carboxylic acids is 3. The lowest BCUT2D eigenvalue weighted by Gasteiger charge is -2.49. The Morgan fingerprint density at radius 3 is 2.54 bits per heavy atom. The highest BCUT2D eigenvalue weighted by Crippen LogP contribution is 2.42. The van der Waals surface area contributed by atoms with Crippen LogP contribution in [0.4, 0.5) is 4.79 Å². The zero-order valence-electron chi connectivity index (χ0n) is 19.5. The zero-order valence-corrected chi connectivity index (χ0v) is 20.2. The summed E-state index contributed by atoms with van der Waals surface area (Å²) in [5.74, 6) is -2.77. The molecule has 192 valence electrons. The molecular formula is C23H29ClN2O9. The molecule has 1 fully saturated rings. The van der Waals surface area contributed by atoms with E-state index < -0.39 is 59.5 Å². The number of alkyl carbamates (subject to hydrolysis) is 1. The van der Waals surface area contributed by atoms with Gasteiger partial charge in [0.1, 0.15) is 29.8 Å². The van der Waals surface area contributed by atoms with E-state index >= 15 is 0 Å². The lowest BCUT2D eigenvalue weighted by atomic mass is 9.71. The Hall–Kier alpha value is -3.02. The van der Waals surface area contributed by atoms with Crippen molar-refractivity contribution < 1.29 is 43.9 Å². The van der Waals surface area contributed by atoms with Crippen molar-refractivity contribution >= 4 is 29.6 Å². The van der Waals surface area contributed by atoms with E-state index in [0.717, 1.165) is 0 Å². The Morgan fingerprint density at radius 1 is 1.29 bits per heavy atom. The van der Waals surface area contributed by atoms with Crippen molar-refractivity contribution in [2.24, 2.45) is 5.92 Å². The van der Waals surface area contributed by atoms with Gasteiger partial charge in [-0.1, -0.05) is 12.1 Å². The number of nitrogens with one attached hydrogen (secondary N) is 2. The maximum Gasteiger partial charge on any atom is 0.408 e. The van der Waals surface area contributed by atoms with Gasteiger partial charge in [0, 0.05) is 12.3 Å². The number of cyclic esters (lactones) is 1. The van der Waals surface area contributed by atoms with Crippen LogP contribution in [0.3, 0.4) is 0 Å². The van der Waals surface area contributed by atoms with Crippen LogP contribution in [0.5, 0.6) is 5.75 Å². The van der Waals surface area contributed by atoms with Gasteiger partial charge < -0.3 is 40.2 Å². The third-order valence-electron chi connectivity index (χ3n) is 6.19. The summed E-state index contributed by atoms with van der Waals surface area (Å²) in [6.07, 6.45) is -4.01. The lowest BCUT2D eigenvalue weighted by molar-refractivity contribution is -0.172. The van der Waals surface area contributed by atoms with Crippen LogP contribution >= 0.6 is 11.6 Å². The van der Waals surface area contributed by atoms with Gasteiger partial charge in [-0.2, -0.15) is 0 Å². The lowest BCUT2D eigenvalue weighted by Crippen LogP contribution is -2.67. The number of fused-ring (bicyclic) bond motifs is 1. The molecule has 1 heterocycles. The molecule has 0 radical (unpaired) electrons. The monoisotopic (exact) mass is 512 g/mol. The molecule has 1 aromatic rings. The predicted molar refractivity (Wildman–Crippen MR) is 123 cm³/mol. The molecule has 2 amide bonds. The molecule has 0 saturated carbocycles. The van der Waals surface area contributed by atoms with Crippen molar-refractivity contribution in [1.29, 1.82) is 0 Å². The Balaban J connectivity index is 1.68. The fourth-order valence-corrected chi connectivity index (χ4v) is 4.37. The molecule has 1 aromatic carbocycles. The molecule has 5 N–H and O–H groups in total. The molecule has 1 aliphatic heterocycles. The minimum absolute atomic E-state index is 0.0351. The van der Waals surface area contributed by atoms with Gasteiger partial charge in [0.05, 0.1) is 36.8 Å². The first-order valence-corrected chi connectivity index (χ1v) is 11.5. The highest BCUT2D eigenvalue weighted by Gasteiger charge is 2.56. The Bertz CT molecular complexity index is 999. The molecule has 0 aromatic heterocycles. The molecule has 35 heavy (non-hydrogen) atoms. The molecule has 1 unspecified atom stereocenters. The van der Waals surface area contributed by atoms with Gasteiger partial charge in [-0.05, 0) is 31.5 Å². The predicted octanol–water partition coefficient (Wildman–Crippen LogP) is 0.903. The van der Waals surface area contributed by atoms with Crippen molar-refractivity contribution in [3.05, 3.63) is 41.2 Å². The number of rotatable bonds is 7.